The summed E-state index contributed by atoms with van der Waals surface area (Å²) in [6.07, 6.45) is 2.50. The number of urea groups is 1. The Balaban J connectivity index is 1.59. The highest BCUT2D eigenvalue weighted by molar-refractivity contribution is 5.89. The zero-order chi connectivity index (χ0) is 16.9. The first kappa shape index (κ1) is 16.2. The maximum atomic E-state index is 13.1. The molecule has 0 radical (unpaired) electrons. The van der Waals surface area contributed by atoms with Crippen molar-refractivity contribution >= 4 is 11.7 Å². The first-order chi connectivity index (χ1) is 11.6. The van der Waals surface area contributed by atoms with E-state index in [2.05, 4.69) is 10.3 Å². The molecule has 1 aromatic heterocycles. The van der Waals surface area contributed by atoms with Crippen LogP contribution in [0.4, 0.5) is 14.9 Å². The number of halogens is 1. The number of carbonyl (C=O) groups is 1. The maximum Gasteiger partial charge on any atom is 0.321 e. The van der Waals surface area contributed by atoms with Gasteiger partial charge >= 0.3 is 6.03 Å². The van der Waals surface area contributed by atoms with Crippen molar-refractivity contribution in [2.75, 3.05) is 18.4 Å². The molecule has 2 amide bonds. The third-order valence-corrected chi connectivity index (χ3v) is 3.69. The number of aliphatic hydroxyl groups excluding tert-OH is 1. The molecule has 126 valence electrons. The predicted molar refractivity (Wildman–Crippen MR) is 86.5 cm³/mol. The average molecular weight is 331 g/mol. The summed E-state index contributed by atoms with van der Waals surface area (Å²) < 4.78 is 18.6. The lowest BCUT2D eigenvalue weighted by atomic mass is 10.1. The highest BCUT2D eigenvalue weighted by Crippen LogP contribution is 2.21. The number of pyridine rings is 1. The van der Waals surface area contributed by atoms with E-state index < -0.39 is 6.10 Å². The number of ether oxygens (including phenoxy) is 1. The van der Waals surface area contributed by atoms with Gasteiger partial charge < -0.3 is 20.1 Å². The van der Waals surface area contributed by atoms with E-state index in [4.69, 9.17) is 4.74 Å². The van der Waals surface area contributed by atoms with Crippen LogP contribution in [0.15, 0.2) is 42.6 Å². The lowest BCUT2D eigenvalue weighted by Gasteiger charge is -2.30. The number of β-amino-alcohol motifs (C(OH)–C–C–N with tert-alkyl or cyclic N) is 1. The second kappa shape index (κ2) is 7.27. The zero-order valence-electron chi connectivity index (χ0n) is 13.0. The summed E-state index contributed by atoms with van der Waals surface area (Å²) >= 11 is 0. The lowest BCUT2D eigenvalue weighted by Crippen LogP contribution is -2.44. The van der Waals surface area contributed by atoms with E-state index in [9.17, 15) is 14.3 Å². The fourth-order valence-corrected chi connectivity index (χ4v) is 2.51. The first-order valence-corrected chi connectivity index (χ1v) is 7.73. The minimum absolute atomic E-state index is 0.269. The van der Waals surface area contributed by atoms with Crippen LogP contribution >= 0.6 is 0 Å². The number of nitrogens with one attached hydrogen (secondary N) is 1. The topological polar surface area (TPSA) is 74.7 Å². The molecular formula is C17H18FN3O3. The van der Waals surface area contributed by atoms with Crippen LogP contribution in [0.3, 0.4) is 0 Å². The van der Waals surface area contributed by atoms with Gasteiger partial charge in [0.05, 0.1) is 18.0 Å². The molecule has 6 nitrogen and oxygen atoms in total. The summed E-state index contributed by atoms with van der Waals surface area (Å²) in [7, 11) is 0. The Hall–Kier alpha value is -2.67. The van der Waals surface area contributed by atoms with E-state index in [1.165, 1.54) is 18.3 Å². The monoisotopic (exact) mass is 331 g/mol. The van der Waals surface area contributed by atoms with Crippen molar-refractivity contribution in [1.29, 1.82) is 0 Å². The van der Waals surface area contributed by atoms with Gasteiger partial charge in [-0.25, -0.2) is 14.2 Å². The van der Waals surface area contributed by atoms with E-state index in [0.717, 1.165) is 12.8 Å². The Kier molecular flexibility index (Phi) is 4.90. The van der Waals surface area contributed by atoms with Crippen LogP contribution in [-0.4, -0.2) is 40.2 Å². The number of amides is 2. The van der Waals surface area contributed by atoms with Crippen molar-refractivity contribution in [3.8, 4) is 11.6 Å². The number of nitrogens with zero attached hydrogens (tertiary/aromatic N) is 2. The summed E-state index contributed by atoms with van der Waals surface area (Å²) in [5.74, 6) is 0.258. The third kappa shape index (κ3) is 4.20. The fraction of sp³-hybridized carbons (Fsp3) is 0.294. The molecule has 1 aliphatic rings. The molecule has 1 atom stereocenters. The van der Waals surface area contributed by atoms with Crippen LogP contribution in [-0.2, 0) is 0 Å². The van der Waals surface area contributed by atoms with Crippen molar-refractivity contribution in [1.82, 2.24) is 9.88 Å². The quantitative estimate of drug-likeness (QED) is 0.907. The number of aromatic nitrogens is 1. The number of piperidine rings is 1. The molecular weight excluding hydrogens is 313 g/mol. The normalized spacial score (nSPS) is 17.4. The Labute approximate surface area is 138 Å². The number of rotatable bonds is 3. The van der Waals surface area contributed by atoms with Crippen LogP contribution in [0.2, 0.25) is 0 Å². The predicted octanol–water partition coefficient (Wildman–Crippen LogP) is 3.00. The zero-order valence-corrected chi connectivity index (χ0v) is 13.0. The van der Waals surface area contributed by atoms with Gasteiger partial charge in [-0.05, 0) is 31.0 Å². The molecule has 7 heteroatoms. The number of likely N-dealkylation sites (tertiary alicyclic amines) is 1. The Morgan fingerprint density at radius 3 is 2.96 bits per heavy atom. The van der Waals surface area contributed by atoms with Crippen molar-refractivity contribution in [2.45, 2.75) is 18.9 Å². The third-order valence-electron chi connectivity index (χ3n) is 3.69. The number of hydrogen-bond acceptors (Lipinski definition) is 4. The van der Waals surface area contributed by atoms with Crippen molar-refractivity contribution in [2.24, 2.45) is 0 Å². The molecule has 2 aromatic rings. The highest BCUT2D eigenvalue weighted by atomic mass is 19.1. The minimum atomic E-state index is -0.468. The number of benzene rings is 1. The van der Waals surface area contributed by atoms with E-state index in [1.807, 2.05) is 0 Å². The van der Waals surface area contributed by atoms with Crippen LogP contribution in [0.5, 0.6) is 11.6 Å². The van der Waals surface area contributed by atoms with Gasteiger partial charge in [-0.1, -0.05) is 6.07 Å². The molecule has 0 aliphatic carbocycles. The summed E-state index contributed by atoms with van der Waals surface area (Å²) in [4.78, 5) is 17.8. The summed E-state index contributed by atoms with van der Waals surface area (Å²) in [6, 6.07) is 8.74. The van der Waals surface area contributed by atoms with Gasteiger partial charge in [0, 0.05) is 25.2 Å². The van der Waals surface area contributed by atoms with Gasteiger partial charge in [-0.15, -0.1) is 0 Å². The van der Waals surface area contributed by atoms with Gasteiger partial charge in [0.2, 0.25) is 5.88 Å². The van der Waals surface area contributed by atoms with Gasteiger partial charge in [-0.3, -0.25) is 0 Å². The number of hydrogen-bond donors (Lipinski definition) is 2. The molecule has 3 rings (SSSR count). The summed E-state index contributed by atoms with van der Waals surface area (Å²) in [5.41, 5.74) is 0.520. The smallest absolute Gasteiger partial charge is 0.321 e. The van der Waals surface area contributed by atoms with Crippen molar-refractivity contribution in [3.63, 3.8) is 0 Å². The van der Waals surface area contributed by atoms with E-state index in [1.54, 1.807) is 29.2 Å². The Morgan fingerprint density at radius 1 is 1.38 bits per heavy atom. The minimum Gasteiger partial charge on any atom is -0.439 e. The highest BCUT2D eigenvalue weighted by Gasteiger charge is 2.22. The standard InChI is InChI=1S/C17H18FN3O3/c18-12-3-1-5-15(9-12)24-16-7-6-13(10-19-16)20-17(23)21-8-2-4-14(22)11-21/h1,3,5-7,9-10,14,22H,2,4,8,11H2,(H,20,23)/t14-/m0/s1. The average Bonchev–Trinajstić information content (AvgIpc) is 2.57. The molecule has 1 saturated heterocycles. The van der Waals surface area contributed by atoms with Crippen LogP contribution in [0, 0.1) is 5.82 Å². The first-order valence-electron chi connectivity index (χ1n) is 7.73. The van der Waals surface area contributed by atoms with Crippen LogP contribution < -0.4 is 10.1 Å². The summed E-state index contributed by atoms with van der Waals surface area (Å²) in [6.45, 7) is 0.955. The van der Waals surface area contributed by atoms with Crippen molar-refractivity contribution < 1.29 is 19.0 Å². The molecule has 0 spiro atoms. The van der Waals surface area contributed by atoms with Crippen molar-refractivity contribution in [3.05, 3.63) is 48.4 Å². The lowest BCUT2D eigenvalue weighted by molar-refractivity contribution is 0.0883. The van der Waals surface area contributed by atoms with Crippen LogP contribution in [0.1, 0.15) is 12.8 Å². The SMILES string of the molecule is O=C(Nc1ccc(Oc2cccc(F)c2)nc1)N1CCC[C@H](O)C1. The van der Waals surface area contributed by atoms with E-state index >= 15 is 0 Å². The maximum absolute atomic E-state index is 13.1. The Bertz CT molecular complexity index is 708. The molecule has 1 fully saturated rings. The van der Waals surface area contributed by atoms with E-state index in [0.29, 0.717) is 30.4 Å². The molecule has 2 N–H and O–H groups in total. The second-order valence-corrected chi connectivity index (χ2v) is 5.62. The molecule has 0 unspecified atom stereocenters. The Morgan fingerprint density at radius 2 is 2.25 bits per heavy atom. The number of carbonyl (C=O) groups excluding carboxylic acids is 1. The number of aliphatic hydroxyl groups is 1. The van der Waals surface area contributed by atoms with E-state index in [-0.39, 0.29) is 11.8 Å². The molecule has 2 heterocycles. The van der Waals surface area contributed by atoms with Crippen LogP contribution in [0.25, 0.3) is 0 Å². The summed E-state index contributed by atoms with van der Waals surface area (Å²) in [5, 5.41) is 12.3. The van der Waals surface area contributed by atoms with Gasteiger partial charge in [0.15, 0.2) is 0 Å². The second-order valence-electron chi connectivity index (χ2n) is 5.62. The van der Waals surface area contributed by atoms with Gasteiger partial charge in [-0.2, -0.15) is 0 Å². The molecule has 0 saturated carbocycles. The molecule has 1 aliphatic heterocycles. The number of anilines is 1. The molecule has 24 heavy (non-hydrogen) atoms. The van der Waals surface area contributed by atoms with Gasteiger partial charge in [0.1, 0.15) is 11.6 Å². The fourth-order valence-electron chi connectivity index (χ4n) is 2.51. The molecule has 1 aromatic carbocycles. The largest absolute Gasteiger partial charge is 0.439 e. The molecule has 0 bridgehead atoms. The van der Waals surface area contributed by atoms with Gasteiger partial charge in [0.25, 0.3) is 0 Å².